The minimum absolute atomic E-state index is 0.00762. The molecule has 1 saturated carbocycles. The minimum atomic E-state index is -0.675. The average molecular weight is 371 g/mol. The maximum absolute atomic E-state index is 12.4. The smallest absolute Gasteiger partial charge is 0.313 e. The van der Waals surface area contributed by atoms with E-state index >= 15 is 0 Å². The first-order chi connectivity index (χ1) is 12.9. The van der Waals surface area contributed by atoms with Gasteiger partial charge in [0.05, 0.1) is 6.10 Å². The summed E-state index contributed by atoms with van der Waals surface area (Å²) in [5, 5.41) is 8.36. The van der Waals surface area contributed by atoms with Crippen molar-refractivity contribution in [3.63, 3.8) is 0 Å². The Morgan fingerprint density at radius 1 is 1.22 bits per heavy atom. The lowest BCUT2D eigenvalue weighted by atomic mass is 9.55. The summed E-state index contributed by atoms with van der Waals surface area (Å²) in [4.78, 5) is 36.2. The standard InChI is InChI=1S/C20H25N3O4/c1-20(2)16(13-4-3-9-27-17(13)20)23-19(26)18(25)21-12-6-7-14-11(10-12)5-8-15(24)22-14/h6-7,10,13,16-17H,3-5,8-9H2,1-2H3,(H,21,25)(H,22,24)(H,23,26). The van der Waals surface area contributed by atoms with E-state index < -0.39 is 11.8 Å². The van der Waals surface area contributed by atoms with Crippen LogP contribution in [0.3, 0.4) is 0 Å². The molecule has 144 valence electrons. The van der Waals surface area contributed by atoms with Crippen LogP contribution in [-0.4, -0.2) is 36.5 Å². The second-order valence-electron chi connectivity index (χ2n) is 8.24. The van der Waals surface area contributed by atoms with Gasteiger partial charge in [0.15, 0.2) is 0 Å². The van der Waals surface area contributed by atoms with Crippen molar-refractivity contribution in [3.8, 4) is 0 Å². The Bertz CT molecular complexity index is 804. The predicted molar refractivity (Wildman–Crippen MR) is 100 cm³/mol. The molecule has 3 atom stereocenters. The molecule has 3 N–H and O–H groups in total. The van der Waals surface area contributed by atoms with Crippen LogP contribution in [0.1, 0.15) is 38.7 Å². The van der Waals surface area contributed by atoms with E-state index in [4.69, 9.17) is 4.74 Å². The number of ether oxygens (including phenoxy) is 1. The van der Waals surface area contributed by atoms with E-state index in [-0.39, 0.29) is 29.4 Å². The number of anilines is 2. The Kier molecular flexibility index (Phi) is 4.42. The number of hydrogen-bond donors (Lipinski definition) is 3. The third-order valence-electron chi connectivity index (χ3n) is 6.08. The number of nitrogens with one attached hydrogen (secondary N) is 3. The molecule has 1 aromatic carbocycles. The highest BCUT2D eigenvalue weighted by Crippen LogP contribution is 2.51. The van der Waals surface area contributed by atoms with Gasteiger partial charge in [-0.2, -0.15) is 0 Å². The number of benzene rings is 1. The van der Waals surface area contributed by atoms with Crippen LogP contribution in [0, 0.1) is 11.3 Å². The molecule has 0 aromatic heterocycles. The summed E-state index contributed by atoms with van der Waals surface area (Å²) in [7, 11) is 0. The first-order valence-corrected chi connectivity index (χ1v) is 9.52. The van der Waals surface area contributed by atoms with Crippen molar-refractivity contribution in [3.05, 3.63) is 23.8 Å². The van der Waals surface area contributed by atoms with Crippen molar-refractivity contribution in [1.29, 1.82) is 0 Å². The molecule has 2 aliphatic heterocycles. The molecule has 2 fully saturated rings. The molecule has 3 aliphatic rings. The van der Waals surface area contributed by atoms with Gasteiger partial charge in [-0.25, -0.2) is 0 Å². The SMILES string of the molecule is CC1(C)C(NC(=O)C(=O)Nc2ccc3c(c2)CCC(=O)N3)C2CCCOC21. The molecule has 0 bridgehead atoms. The third-order valence-corrected chi connectivity index (χ3v) is 6.08. The Balaban J connectivity index is 1.39. The van der Waals surface area contributed by atoms with E-state index in [1.165, 1.54) is 0 Å². The van der Waals surface area contributed by atoms with Crippen molar-refractivity contribution in [2.45, 2.75) is 51.7 Å². The fourth-order valence-electron chi connectivity index (χ4n) is 4.67. The van der Waals surface area contributed by atoms with E-state index in [1.807, 2.05) is 0 Å². The number of rotatable bonds is 2. The highest BCUT2D eigenvalue weighted by Gasteiger charge is 2.58. The van der Waals surface area contributed by atoms with Crippen molar-refractivity contribution in [2.24, 2.45) is 11.3 Å². The quantitative estimate of drug-likeness (QED) is 0.691. The summed E-state index contributed by atoms with van der Waals surface area (Å²) < 4.78 is 5.84. The van der Waals surface area contributed by atoms with Crippen LogP contribution in [0.15, 0.2) is 18.2 Å². The lowest BCUT2D eigenvalue weighted by Gasteiger charge is -2.59. The molecule has 0 spiro atoms. The van der Waals surface area contributed by atoms with Gasteiger partial charge in [-0.15, -0.1) is 0 Å². The molecular weight excluding hydrogens is 346 g/mol. The van der Waals surface area contributed by atoms with Crippen LogP contribution in [0.25, 0.3) is 0 Å². The first-order valence-electron chi connectivity index (χ1n) is 9.52. The second kappa shape index (κ2) is 6.64. The molecule has 2 heterocycles. The molecule has 1 aliphatic carbocycles. The van der Waals surface area contributed by atoms with Crippen molar-refractivity contribution >= 4 is 29.1 Å². The summed E-state index contributed by atoms with van der Waals surface area (Å²) >= 11 is 0. The molecule has 7 heteroatoms. The maximum Gasteiger partial charge on any atom is 0.313 e. The second-order valence-corrected chi connectivity index (χ2v) is 8.24. The number of carbonyl (C=O) groups excluding carboxylic acids is 3. The largest absolute Gasteiger partial charge is 0.377 e. The van der Waals surface area contributed by atoms with Crippen molar-refractivity contribution in [2.75, 3.05) is 17.2 Å². The third kappa shape index (κ3) is 3.20. The van der Waals surface area contributed by atoms with Crippen LogP contribution < -0.4 is 16.0 Å². The lowest BCUT2D eigenvalue weighted by Crippen LogP contribution is -2.70. The normalized spacial score (nSPS) is 28.1. The average Bonchev–Trinajstić information content (AvgIpc) is 2.66. The molecule has 27 heavy (non-hydrogen) atoms. The fourth-order valence-corrected chi connectivity index (χ4v) is 4.67. The number of fused-ring (bicyclic) bond motifs is 2. The molecule has 0 radical (unpaired) electrons. The van der Waals surface area contributed by atoms with Gasteiger partial charge in [0.25, 0.3) is 0 Å². The van der Waals surface area contributed by atoms with Crippen LogP contribution in [0.2, 0.25) is 0 Å². The summed E-state index contributed by atoms with van der Waals surface area (Å²) in [5.41, 5.74) is 2.09. The van der Waals surface area contributed by atoms with Gasteiger partial charge in [0.1, 0.15) is 0 Å². The summed E-state index contributed by atoms with van der Waals surface area (Å²) in [5.74, 6) is -1.03. The van der Waals surface area contributed by atoms with E-state index in [9.17, 15) is 14.4 Å². The van der Waals surface area contributed by atoms with E-state index in [0.29, 0.717) is 18.5 Å². The molecule has 1 saturated heterocycles. The van der Waals surface area contributed by atoms with Gasteiger partial charge in [-0.05, 0) is 43.0 Å². The topological polar surface area (TPSA) is 96.5 Å². The zero-order valence-electron chi connectivity index (χ0n) is 15.6. The maximum atomic E-state index is 12.4. The van der Waals surface area contributed by atoms with Crippen LogP contribution >= 0.6 is 0 Å². The lowest BCUT2D eigenvalue weighted by molar-refractivity contribution is -0.193. The highest BCUT2D eigenvalue weighted by atomic mass is 16.5. The summed E-state index contributed by atoms with van der Waals surface area (Å²) in [6, 6.07) is 5.19. The van der Waals surface area contributed by atoms with Gasteiger partial charge in [-0.3, -0.25) is 14.4 Å². The van der Waals surface area contributed by atoms with Crippen LogP contribution in [0.4, 0.5) is 11.4 Å². The first kappa shape index (κ1) is 18.0. The Morgan fingerprint density at radius 3 is 2.85 bits per heavy atom. The molecule has 1 aromatic rings. The van der Waals surface area contributed by atoms with Gasteiger partial charge < -0.3 is 20.7 Å². The zero-order valence-corrected chi connectivity index (χ0v) is 15.6. The Morgan fingerprint density at radius 2 is 2.04 bits per heavy atom. The van der Waals surface area contributed by atoms with Gasteiger partial charge in [0.2, 0.25) is 5.91 Å². The molecule has 7 nitrogen and oxygen atoms in total. The highest BCUT2D eigenvalue weighted by molar-refractivity contribution is 6.39. The summed E-state index contributed by atoms with van der Waals surface area (Å²) in [6.45, 7) is 4.91. The van der Waals surface area contributed by atoms with Crippen molar-refractivity contribution < 1.29 is 19.1 Å². The van der Waals surface area contributed by atoms with E-state index in [0.717, 1.165) is 30.7 Å². The number of amides is 3. The van der Waals surface area contributed by atoms with E-state index in [2.05, 4.69) is 29.8 Å². The van der Waals surface area contributed by atoms with E-state index in [1.54, 1.807) is 18.2 Å². The van der Waals surface area contributed by atoms with Gasteiger partial charge in [0, 0.05) is 41.8 Å². The van der Waals surface area contributed by atoms with Crippen LogP contribution in [-0.2, 0) is 25.5 Å². The monoisotopic (exact) mass is 371 g/mol. The van der Waals surface area contributed by atoms with Crippen LogP contribution in [0.5, 0.6) is 0 Å². The minimum Gasteiger partial charge on any atom is -0.377 e. The fraction of sp³-hybridized carbons (Fsp3) is 0.550. The number of carbonyl (C=O) groups is 3. The zero-order chi connectivity index (χ0) is 19.2. The summed E-state index contributed by atoms with van der Waals surface area (Å²) in [6.07, 6.45) is 3.19. The predicted octanol–water partition coefficient (Wildman–Crippen LogP) is 1.83. The molecular formula is C20H25N3O4. The molecule has 3 unspecified atom stereocenters. The molecule has 4 rings (SSSR count). The number of aryl methyl sites for hydroxylation is 1. The van der Waals surface area contributed by atoms with Gasteiger partial charge >= 0.3 is 11.8 Å². The van der Waals surface area contributed by atoms with Crippen molar-refractivity contribution in [1.82, 2.24) is 5.32 Å². The Hall–Kier alpha value is -2.41. The van der Waals surface area contributed by atoms with Gasteiger partial charge in [-0.1, -0.05) is 13.8 Å². The molecule has 3 amide bonds. The number of hydrogen-bond acceptors (Lipinski definition) is 4. The Labute approximate surface area is 158 Å².